The van der Waals surface area contributed by atoms with Crippen molar-refractivity contribution in [2.24, 2.45) is 0 Å². The fraction of sp³-hybridized carbons (Fsp3) is 0.476. The van der Waals surface area contributed by atoms with Crippen molar-refractivity contribution in [1.29, 1.82) is 0 Å². The molecule has 2 unspecified atom stereocenters. The van der Waals surface area contributed by atoms with Crippen LogP contribution in [-0.2, 0) is 41.7 Å². The summed E-state index contributed by atoms with van der Waals surface area (Å²) >= 11 is 15.4. The molecular formula is C21H25ClN10O9P2S2. The van der Waals surface area contributed by atoms with E-state index >= 15 is 0 Å². The van der Waals surface area contributed by atoms with Crippen molar-refractivity contribution >= 4 is 89.5 Å². The third-order valence-electron chi connectivity index (χ3n) is 7.55. The molecule has 4 aromatic rings. The van der Waals surface area contributed by atoms with Gasteiger partial charge in [0.15, 0.2) is 22.7 Å². The number of aliphatic hydroxyl groups is 1. The van der Waals surface area contributed by atoms with E-state index in [0.29, 0.717) is 5.39 Å². The molecule has 0 saturated carbocycles. The minimum Gasteiger partial charge on any atom is -0.387 e. The number of fused-ring (bicyclic) bond motifs is 5. The molecule has 2 bridgehead atoms. The highest BCUT2D eigenvalue weighted by Gasteiger charge is 2.56. The van der Waals surface area contributed by atoms with E-state index in [9.17, 15) is 14.2 Å². The van der Waals surface area contributed by atoms with Crippen LogP contribution in [0.25, 0.3) is 22.2 Å². The highest BCUT2D eigenvalue weighted by molar-refractivity contribution is 8.44. The van der Waals surface area contributed by atoms with Gasteiger partial charge in [-0.2, -0.15) is 9.97 Å². The first kappa shape index (κ1) is 31.3. The van der Waals surface area contributed by atoms with Crippen LogP contribution in [0, 0.1) is 0 Å². The summed E-state index contributed by atoms with van der Waals surface area (Å²) in [6.07, 6.45) is -3.58. The summed E-state index contributed by atoms with van der Waals surface area (Å²) in [6.45, 7) is -9.82. The fourth-order valence-electron chi connectivity index (χ4n) is 5.46. The van der Waals surface area contributed by atoms with Crippen LogP contribution in [0.4, 0.5) is 17.6 Å². The van der Waals surface area contributed by atoms with E-state index in [1.807, 2.05) is 0 Å². The molecule has 3 saturated heterocycles. The highest BCUT2D eigenvalue weighted by atomic mass is 35.5. The molecule has 45 heavy (non-hydrogen) atoms. The van der Waals surface area contributed by atoms with Crippen molar-refractivity contribution in [3.05, 3.63) is 24.9 Å². The highest BCUT2D eigenvalue weighted by Crippen LogP contribution is 2.61. The quantitative estimate of drug-likeness (QED) is 0.0971. The maximum Gasteiger partial charge on any atom is 0.386 e. The molecule has 4 aromatic heterocycles. The van der Waals surface area contributed by atoms with E-state index in [2.05, 4.69) is 49.4 Å². The first-order valence-electron chi connectivity index (χ1n) is 13.1. The SMILES string of the molecule is Nc1nc(N)c2ccn([C@@H]3O[C@@H]4COP(=O)(S)O[C@@H]5[C@@H](COP(=O)(S)O[C@@H]3[C@@H]4O)OC[C@]5(Cl)n3cnc4c(N)ncnc43)c2n1. The summed E-state index contributed by atoms with van der Waals surface area (Å²) < 4.78 is 64.9. The van der Waals surface area contributed by atoms with Crippen molar-refractivity contribution in [3.8, 4) is 0 Å². The van der Waals surface area contributed by atoms with Crippen molar-refractivity contribution in [2.45, 2.75) is 41.7 Å². The predicted octanol–water partition coefficient (Wildman–Crippen LogP) is 1.46. The lowest BCUT2D eigenvalue weighted by molar-refractivity contribution is -0.0514. The lowest BCUT2D eigenvalue weighted by atomic mass is 10.1. The number of nitrogens with two attached hydrogens (primary N) is 3. The summed E-state index contributed by atoms with van der Waals surface area (Å²) in [6, 6.07) is 1.60. The molecule has 7 heterocycles. The van der Waals surface area contributed by atoms with E-state index in [-0.39, 0.29) is 41.0 Å². The van der Waals surface area contributed by atoms with Gasteiger partial charge in [-0.1, -0.05) is 36.1 Å². The van der Waals surface area contributed by atoms with Crippen molar-refractivity contribution in [2.75, 3.05) is 37.0 Å². The Morgan fingerprint density at radius 3 is 2.51 bits per heavy atom. The van der Waals surface area contributed by atoms with Crippen LogP contribution >= 0.6 is 49.7 Å². The lowest BCUT2D eigenvalue weighted by Gasteiger charge is -2.32. The van der Waals surface area contributed by atoms with Gasteiger partial charge in [0.1, 0.15) is 53.8 Å². The number of hydrogen-bond donors (Lipinski definition) is 6. The Kier molecular flexibility index (Phi) is 7.78. The number of halogens is 1. The Balaban J connectivity index is 1.23. The minimum absolute atomic E-state index is 0.101. The third kappa shape index (κ3) is 5.47. The van der Waals surface area contributed by atoms with E-state index in [4.69, 9.17) is 56.4 Å². The molecule has 7 rings (SSSR count). The van der Waals surface area contributed by atoms with E-state index in [1.165, 1.54) is 21.8 Å². The summed E-state index contributed by atoms with van der Waals surface area (Å²) in [5, 5.41) is 11.7. The van der Waals surface area contributed by atoms with Crippen molar-refractivity contribution in [3.63, 3.8) is 0 Å². The zero-order valence-corrected chi connectivity index (χ0v) is 27.0. The molecule has 3 aliphatic heterocycles. The summed E-state index contributed by atoms with van der Waals surface area (Å²) in [7, 11) is 0. The maximum atomic E-state index is 13.6. The zero-order valence-electron chi connectivity index (χ0n) is 22.6. The Labute approximate surface area is 268 Å². The number of nitrogen functional groups attached to an aromatic ring is 3. The summed E-state index contributed by atoms with van der Waals surface area (Å²) in [5.41, 5.74) is 18.5. The second-order valence-corrected chi connectivity index (χ2v) is 16.7. The van der Waals surface area contributed by atoms with Crippen molar-refractivity contribution in [1.82, 2.24) is 34.1 Å². The molecule has 3 fully saturated rings. The fourth-order valence-corrected chi connectivity index (χ4v) is 8.85. The first-order chi connectivity index (χ1) is 21.3. The number of hydrogen-bond acceptors (Lipinski definition) is 17. The Morgan fingerprint density at radius 2 is 1.73 bits per heavy atom. The van der Waals surface area contributed by atoms with Crippen LogP contribution in [0.3, 0.4) is 0 Å². The molecule has 7 N–H and O–H groups in total. The molecule has 19 nitrogen and oxygen atoms in total. The lowest BCUT2D eigenvalue weighted by Crippen LogP contribution is -2.44. The van der Waals surface area contributed by atoms with Gasteiger partial charge < -0.3 is 36.3 Å². The normalized spacial score (nSPS) is 37.7. The van der Waals surface area contributed by atoms with Gasteiger partial charge in [-0.3, -0.25) is 22.7 Å². The van der Waals surface area contributed by atoms with Crippen LogP contribution in [0.1, 0.15) is 6.23 Å². The second kappa shape index (κ2) is 11.2. The number of imidazole rings is 1. The van der Waals surface area contributed by atoms with Crippen LogP contribution in [0.15, 0.2) is 24.9 Å². The van der Waals surface area contributed by atoms with Crippen LogP contribution in [0.5, 0.6) is 0 Å². The molecule has 24 heteroatoms. The average molecular weight is 723 g/mol. The Hall–Kier alpha value is -2.26. The van der Waals surface area contributed by atoms with Gasteiger partial charge in [0.25, 0.3) is 0 Å². The number of alkyl halides is 1. The summed E-state index contributed by atoms with van der Waals surface area (Å²) in [4.78, 5) is 18.9. The average Bonchev–Trinajstić information content (AvgIpc) is 3.73. The number of aliphatic hydroxyl groups excluding tert-OH is 1. The molecule has 0 aliphatic carbocycles. The number of rotatable bonds is 2. The molecule has 0 radical (unpaired) electrons. The number of nitrogens with zero attached hydrogens (tertiary/aromatic N) is 7. The van der Waals surface area contributed by atoms with Gasteiger partial charge >= 0.3 is 13.6 Å². The van der Waals surface area contributed by atoms with Crippen LogP contribution < -0.4 is 17.2 Å². The first-order valence-corrected chi connectivity index (χ1v) is 18.8. The Morgan fingerprint density at radius 1 is 1.00 bits per heavy atom. The molecule has 0 aromatic carbocycles. The van der Waals surface area contributed by atoms with Gasteiger partial charge in [0, 0.05) is 6.20 Å². The van der Waals surface area contributed by atoms with Gasteiger partial charge in [-0.25, -0.2) is 24.1 Å². The molecule has 242 valence electrons. The van der Waals surface area contributed by atoms with Crippen molar-refractivity contribution < 1.29 is 41.8 Å². The third-order valence-corrected chi connectivity index (χ3v) is 11.3. The molecule has 0 amide bonds. The van der Waals surface area contributed by atoms with E-state index in [1.54, 1.807) is 12.3 Å². The Bertz CT molecular complexity index is 1900. The smallest absolute Gasteiger partial charge is 0.386 e. The van der Waals surface area contributed by atoms with Crippen LogP contribution in [-0.4, -0.2) is 89.5 Å². The summed E-state index contributed by atoms with van der Waals surface area (Å²) in [5.74, 6) is 0.0893. The standard InChI is InChI=1S/C21H25ClN10O9P2S2/c22-21(32-7-28-11-16(24)26-6-27-18(11)32)5-36-10-4-38-42(34,44)40-13-12(33)9(3-37-43(35,45)41-14(10)21)39-19(13)31-2-1-8-15(23)29-20(25)30-17(8)31/h1-2,6-7,9-10,12-14,19,33H,3-5H2,(H,34,44)(H,35,45)(H2,24,26,27)(H4,23,25,29,30)/t9-,10-,12-,13-,14-,19-,21+,42?,43?/m1/s1. The molecule has 0 spiro atoms. The molecule has 9 atom stereocenters. The zero-order chi connectivity index (χ0) is 31.9. The topological polar surface area (TPSA) is 262 Å². The van der Waals surface area contributed by atoms with Gasteiger partial charge in [0.2, 0.25) is 5.95 Å². The number of ether oxygens (including phenoxy) is 2. The minimum atomic E-state index is -4.29. The van der Waals surface area contributed by atoms with Gasteiger partial charge in [0.05, 0.1) is 31.5 Å². The maximum absolute atomic E-state index is 13.6. The second-order valence-electron chi connectivity index (χ2n) is 10.3. The largest absolute Gasteiger partial charge is 0.387 e. The molecular weight excluding hydrogens is 698 g/mol. The van der Waals surface area contributed by atoms with Gasteiger partial charge in [-0.05, 0) is 6.07 Å². The molecule has 3 aliphatic rings. The van der Waals surface area contributed by atoms with Gasteiger partial charge in [-0.15, -0.1) is 0 Å². The van der Waals surface area contributed by atoms with Crippen LogP contribution in [0.2, 0.25) is 0 Å². The van der Waals surface area contributed by atoms with E-state index < -0.39 is 68.6 Å². The monoisotopic (exact) mass is 722 g/mol. The number of aromatic nitrogens is 7. The predicted molar refractivity (Wildman–Crippen MR) is 164 cm³/mol. The van der Waals surface area contributed by atoms with E-state index in [0.717, 1.165) is 0 Å². The number of thiol groups is 2. The number of anilines is 3.